The van der Waals surface area contributed by atoms with Gasteiger partial charge in [-0.1, -0.05) is 35.9 Å². The first-order chi connectivity index (χ1) is 13.4. The quantitative estimate of drug-likeness (QED) is 0.840. The average molecular weight is 402 g/mol. The van der Waals surface area contributed by atoms with Crippen LogP contribution in [0.5, 0.6) is 0 Å². The molecule has 148 valence electrons. The van der Waals surface area contributed by atoms with Crippen molar-refractivity contribution < 1.29 is 9.59 Å². The first-order valence-electron chi connectivity index (χ1n) is 9.40. The van der Waals surface area contributed by atoms with Gasteiger partial charge in [-0.15, -0.1) is 0 Å². The van der Waals surface area contributed by atoms with Crippen molar-refractivity contribution in [3.05, 3.63) is 52.3 Å². The third-order valence-electron chi connectivity index (χ3n) is 5.89. The van der Waals surface area contributed by atoms with E-state index in [0.29, 0.717) is 30.4 Å². The summed E-state index contributed by atoms with van der Waals surface area (Å²) in [5.74, 6) is 0.292. The van der Waals surface area contributed by atoms with E-state index in [1.54, 1.807) is 19.0 Å². The first kappa shape index (κ1) is 18.8. The summed E-state index contributed by atoms with van der Waals surface area (Å²) < 4.78 is 0. The summed E-state index contributed by atoms with van der Waals surface area (Å²) in [6.45, 7) is 3.91. The molecule has 3 amide bonds. The Balaban J connectivity index is 1.64. The zero-order valence-corrected chi connectivity index (χ0v) is 17.0. The molecule has 7 nitrogen and oxygen atoms in total. The number of nitrogens with one attached hydrogen (secondary N) is 1. The van der Waals surface area contributed by atoms with Crippen LogP contribution < -0.4 is 0 Å². The number of aryl methyl sites for hydroxylation is 1. The Bertz CT molecular complexity index is 912. The summed E-state index contributed by atoms with van der Waals surface area (Å²) >= 11 is 6.08. The van der Waals surface area contributed by atoms with Crippen LogP contribution in [0, 0.1) is 18.8 Å². The van der Waals surface area contributed by atoms with Crippen molar-refractivity contribution in [1.82, 2.24) is 24.9 Å². The monoisotopic (exact) mass is 401 g/mol. The fourth-order valence-corrected chi connectivity index (χ4v) is 4.73. The van der Waals surface area contributed by atoms with Gasteiger partial charge in [0.15, 0.2) is 0 Å². The van der Waals surface area contributed by atoms with Crippen LogP contribution in [0.3, 0.4) is 0 Å². The fourth-order valence-electron chi connectivity index (χ4n) is 4.56. The van der Waals surface area contributed by atoms with Crippen molar-refractivity contribution >= 4 is 23.5 Å². The number of aromatic nitrogens is 2. The lowest BCUT2D eigenvalue weighted by Crippen LogP contribution is -2.42. The molecule has 0 spiro atoms. The van der Waals surface area contributed by atoms with Crippen molar-refractivity contribution in [1.29, 1.82) is 0 Å². The van der Waals surface area contributed by atoms with E-state index < -0.39 is 0 Å². The Morgan fingerprint density at radius 2 is 1.96 bits per heavy atom. The van der Waals surface area contributed by atoms with E-state index in [0.717, 1.165) is 11.1 Å². The van der Waals surface area contributed by atoms with Crippen molar-refractivity contribution in [2.75, 3.05) is 33.7 Å². The SMILES string of the molecule is Cc1ccccc1[C@H]1[C@@H]2CN(C(=O)c3[nH]ncc3Cl)C[C@@H]2CN1C(=O)N(C)C. The molecule has 2 fully saturated rings. The zero-order chi connectivity index (χ0) is 20.0. The number of aromatic amines is 1. The highest BCUT2D eigenvalue weighted by Gasteiger charge is 2.51. The summed E-state index contributed by atoms with van der Waals surface area (Å²) in [5.41, 5.74) is 2.64. The standard InChI is InChI=1S/C20H24ClN5O2/c1-12-6-4-5-7-14(12)18-15-11-25(19(27)17-16(21)8-22-23-17)9-13(15)10-26(18)20(28)24(2)3/h4-8,13,15,18H,9-11H2,1-3H3,(H,22,23)/t13-,15-,18+/m1/s1. The second kappa shape index (κ2) is 7.13. The number of fused-ring (bicyclic) bond motifs is 1. The van der Waals surface area contributed by atoms with E-state index in [4.69, 9.17) is 11.6 Å². The molecule has 28 heavy (non-hydrogen) atoms. The Hall–Kier alpha value is -2.54. The predicted octanol–water partition coefficient (Wildman–Crippen LogP) is 2.80. The van der Waals surface area contributed by atoms with Crippen molar-refractivity contribution in [3.8, 4) is 0 Å². The van der Waals surface area contributed by atoms with Crippen LogP contribution in [0.25, 0.3) is 0 Å². The van der Waals surface area contributed by atoms with Crippen LogP contribution >= 0.6 is 11.6 Å². The van der Waals surface area contributed by atoms with Crippen LogP contribution in [-0.4, -0.2) is 70.6 Å². The molecular weight excluding hydrogens is 378 g/mol. The number of H-pyrrole nitrogens is 1. The Morgan fingerprint density at radius 3 is 2.61 bits per heavy atom. The molecule has 3 atom stereocenters. The molecule has 1 aromatic carbocycles. The minimum Gasteiger partial charge on any atom is -0.337 e. The molecule has 8 heteroatoms. The maximum absolute atomic E-state index is 12.9. The number of likely N-dealkylation sites (tertiary alicyclic amines) is 2. The molecule has 2 aliphatic rings. The Kier molecular flexibility index (Phi) is 4.79. The zero-order valence-electron chi connectivity index (χ0n) is 16.2. The largest absolute Gasteiger partial charge is 0.337 e. The molecule has 0 unspecified atom stereocenters. The number of carbonyl (C=O) groups excluding carboxylic acids is 2. The lowest BCUT2D eigenvalue weighted by Gasteiger charge is -2.32. The van der Waals surface area contributed by atoms with E-state index in [2.05, 4.69) is 29.3 Å². The molecule has 0 radical (unpaired) electrons. The fraction of sp³-hybridized carbons (Fsp3) is 0.450. The number of benzene rings is 1. The van der Waals surface area contributed by atoms with E-state index in [1.807, 2.05) is 21.9 Å². The molecule has 1 aromatic heterocycles. The highest BCUT2D eigenvalue weighted by molar-refractivity contribution is 6.33. The van der Waals surface area contributed by atoms with Crippen molar-refractivity contribution in [2.45, 2.75) is 13.0 Å². The minimum absolute atomic E-state index is 0.0112. The highest BCUT2D eigenvalue weighted by Crippen LogP contribution is 2.46. The molecule has 4 rings (SSSR count). The van der Waals surface area contributed by atoms with Crippen molar-refractivity contribution in [3.63, 3.8) is 0 Å². The van der Waals surface area contributed by atoms with Gasteiger partial charge in [-0.05, 0) is 18.1 Å². The maximum Gasteiger partial charge on any atom is 0.320 e. The van der Waals surface area contributed by atoms with Gasteiger partial charge in [0.05, 0.1) is 17.3 Å². The van der Waals surface area contributed by atoms with Crippen LogP contribution in [0.4, 0.5) is 4.79 Å². The van der Waals surface area contributed by atoms with E-state index in [1.165, 1.54) is 6.20 Å². The molecule has 1 N–H and O–H groups in total. The maximum atomic E-state index is 12.9. The number of hydrogen-bond donors (Lipinski definition) is 1. The Morgan fingerprint density at radius 1 is 1.21 bits per heavy atom. The summed E-state index contributed by atoms with van der Waals surface area (Å²) in [4.78, 5) is 31.2. The van der Waals surface area contributed by atoms with Crippen LogP contribution in [0.2, 0.25) is 5.02 Å². The van der Waals surface area contributed by atoms with Gasteiger partial charge in [-0.2, -0.15) is 5.10 Å². The number of nitrogens with zero attached hydrogens (tertiary/aromatic N) is 4. The lowest BCUT2D eigenvalue weighted by atomic mass is 9.88. The van der Waals surface area contributed by atoms with Crippen LogP contribution in [0.1, 0.15) is 27.7 Å². The van der Waals surface area contributed by atoms with E-state index in [9.17, 15) is 9.59 Å². The smallest absolute Gasteiger partial charge is 0.320 e. The van der Waals surface area contributed by atoms with Gasteiger partial charge in [-0.25, -0.2) is 4.79 Å². The number of halogens is 1. The summed E-state index contributed by atoms with van der Waals surface area (Å²) in [6, 6.07) is 8.15. The number of carbonyl (C=O) groups is 2. The van der Waals surface area contributed by atoms with Gasteiger partial charge in [0.2, 0.25) is 0 Å². The van der Waals surface area contributed by atoms with Gasteiger partial charge in [0.25, 0.3) is 5.91 Å². The van der Waals surface area contributed by atoms with Crippen LogP contribution in [0.15, 0.2) is 30.5 Å². The third-order valence-corrected chi connectivity index (χ3v) is 6.18. The molecule has 2 aromatic rings. The van der Waals surface area contributed by atoms with Gasteiger partial charge in [0.1, 0.15) is 5.69 Å². The third kappa shape index (κ3) is 3.03. The van der Waals surface area contributed by atoms with E-state index >= 15 is 0 Å². The summed E-state index contributed by atoms with van der Waals surface area (Å²) in [6.07, 6.45) is 1.44. The van der Waals surface area contributed by atoms with Gasteiger partial charge in [0, 0.05) is 45.6 Å². The van der Waals surface area contributed by atoms with Gasteiger partial charge < -0.3 is 14.7 Å². The van der Waals surface area contributed by atoms with Gasteiger partial charge in [-0.3, -0.25) is 9.89 Å². The molecule has 0 saturated carbocycles. The van der Waals surface area contributed by atoms with Crippen LogP contribution in [-0.2, 0) is 0 Å². The van der Waals surface area contributed by atoms with Gasteiger partial charge >= 0.3 is 6.03 Å². The minimum atomic E-state index is -0.133. The number of urea groups is 1. The normalized spacial score (nSPS) is 23.8. The molecule has 2 aliphatic heterocycles. The molecule has 2 saturated heterocycles. The van der Waals surface area contributed by atoms with Crippen molar-refractivity contribution in [2.24, 2.45) is 11.8 Å². The molecule has 3 heterocycles. The topological polar surface area (TPSA) is 72.5 Å². The number of hydrogen-bond acceptors (Lipinski definition) is 3. The molecular formula is C20H24ClN5O2. The number of amides is 3. The molecule has 0 aliphatic carbocycles. The lowest BCUT2D eigenvalue weighted by molar-refractivity contribution is 0.0761. The number of rotatable bonds is 2. The molecule has 0 bridgehead atoms. The first-order valence-corrected chi connectivity index (χ1v) is 9.78. The summed E-state index contributed by atoms with van der Waals surface area (Å²) in [5, 5.41) is 6.88. The highest BCUT2D eigenvalue weighted by atomic mass is 35.5. The second-order valence-corrected chi connectivity index (χ2v) is 8.26. The average Bonchev–Trinajstić information content (AvgIpc) is 3.35. The summed E-state index contributed by atoms with van der Waals surface area (Å²) in [7, 11) is 3.56. The Labute approximate surface area is 169 Å². The van der Waals surface area contributed by atoms with E-state index in [-0.39, 0.29) is 29.8 Å². The predicted molar refractivity (Wildman–Crippen MR) is 106 cm³/mol. The second-order valence-electron chi connectivity index (χ2n) is 7.86.